The molecule has 0 spiro atoms. The number of benzene rings is 2. The van der Waals surface area contributed by atoms with Gasteiger partial charge in [0.2, 0.25) is 0 Å². The van der Waals surface area contributed by atoms with Crippen LogP contribution in [-0.2, 0) is 6.42 Å². The monoisotopic (exact) mass is 329 g/mol. The third-order valence-electron chi connectivity index (χ3n) is 3.22. The molecule has 1 N–H and O–H groups in total. The summed E-state index contributed by atoms with van der Waals surface area (Å²) < 4.78 is 27.9. The first-order chi connectivity index (χ1) is 10.0. The number of nitrogens with one attached hydrogen (secondary N) is 1. The zero-order valence-corrected chi connectivity index (χ0v) is 13.0. The number of hydrogen-bond acceptors (Lipinski definition) is 1. The van der Waals surface area contributed by atoms with Gasteiger partial charge >= 0.3 is 0 Å². The molecule has 1 atom stereocenters. The van der Waals surface area contributed by atoms with Gasteiger partial charge in [0.25, 0.3) is 0 Å². The third kappa shape index (κ3) is 4.16. The van der Waals surface area contributed by atoms with Gasteiger partial charge in [-0.2, -0.15) is 0 Å². The summed E-state index contributed by atoms with van der Waals surface area (Å²) in [5.74, 6) is -0.757. The van der Waals surface area contributed by atoms with E-state index in [1.807, 2.05) is 6.92 Å². The van der Waals surface area contributed by atoms with Crippen molar-refractivity contribution in [1.29, 1.82) is 0 Å². The number of hydrogen-bond donors (Lipinski definition) is 1. The topological polar surface area (TPSA) is 12.0 Å². The van der Waals surface area contributed by atoms with Crippen molar-refractivity contribution in [2.45, 2.75) is 19.4 Å². The van der Waals surface area contributed by atoms with Crippen LogP contribution in [0.25, 0.3) is 0 Å². The van der Waals surface area contributed by atoms with E-state index in [0.717, 1.165) is 0 Å². The van der Waals surface area contributed by atoms with Gasteiger partial charge in [0.15, 0.2) is 0 Å². The van der Waals surface area contributed by atoms with Gasteiger partial charge in [0.05, 0.1) is 0 Å². The maximum absolute atomic E-state index is 14.1. The summed E-state index contributed by atoms with van der Waals surface area (Å²) >= 11 is 11.7. The van der Waals surface area contributed by atoms with Gasteiger partial charge < -0.3 is 5.32 Å². The van der Waals surface area contributed by atoms with Crippen LogP contribution in [0.5, 0.6) is 0 Å². The molecular weight excluding hydrogens is 315 g/mol. The van der Waals surface area contributed by atoms with Crippen molar-refractivity contribution < 1.29 is 8.78 Å². The molecule has 1 nitrogen and oxygen atoms in total. The van der Waals surface area contributed by atoms with Gasteiger partial charge in [-0.05, 0) is 48.9 Å². The molecule has 0 aliphatic rings. The normalized spacial score (nSPS) is 12.4. The maximum atomic E-state index is 14.1. The second-order valence-electron chi connectivity index (χ2n) is 4.72. The third-order valence-corrected chi connectivity index (χ3v) is 3.69. The van der Waals surface area contributed by atoms with E-state index in [0.29, 0.717) is 34.1 Å². The lowest BCUT2D eigenvalue weighted by Gasteiger charge is -2.20. The highest BCUT2D eigenvalue weighted by molar-refractivity contribution is 6.30. The second-order valence-corrected chi connectivity index (χ2v) is 5.59. The molecule has 0 aliphatic carbocycles. The number of rotatable bonds is 5. The summed E-state index contributed by atoms with van der Waals surface area (Å²) in [7, 11) is 0. The van der Waals surface area contributed by atoms with Crippen molar-refractivity contribution >= 4 is 23.2 Å². The Morgan fingerprint density at radius 1 is 1.00 bits per heavy atom. The van der Waals surface area contributed by atoms with Gasteiger partial charge in [-0.15, -0.1) is 0 Å². The molecule has 2 aromatic carbocycles. The highest BCUT2D eigenvalue weighted by Crippen LogP contribution is 2.26. The molecule has 112 valence electrons. The largest absolute Gasteiger partial charge is 0.310 e. The lowest BCUT2D eigenvalue weighted by molar-refractivity contribution is 0.498. The van der Waals surface area contributed by atoms with Gasteiger partial charge in [-0.1, -0.05) is 36.2 Å². The molecule has 5 heteroatoms. The average molecular weight is 330 g/mol. The second kappa shape index (κ2) is 7.21. The van der Waals surface area contributed by atoms with Gasteiger partial charge in [0, 0.05) is 21.7 Å². The van der Waals surface area contributed by atoms with E-state index >= 15 is 0 Å². The fourth-order valence-electron chi connectivity index (χ4n) is 2.24. The standard InChI is InChI=1S/C16H15Cl2F2N/c1-2-21-16(13-5-3-12(18)9-15(13)20)8-10-7-11(17)4-6-14(10)19/h3-7,9,16,21H,2,8H2,1H3. The molecule has 0 aliphatic heterocycles. The van der Waals surface area contributed by atoms with Crippen LogP contribution in [0.4, 0.5) is 8.78 Å². The van der Waals surface area contributed by atoms with E-state index in [1.54, 1.807) is 18.2 Å². The Morgan fingerprint density at radius 3 is 2.33 bits per heavy atom. The first kappa shape index (κ1) is 16.2. The molecule has 0 radical (unpaired) electrons. The Labute approximate surface area is 132 Å². The predicted molar refractivity (Wildman–Crippen MR) is 82.9 cm³/mol. The molecule has 0 saturated heterocycles. The van der Waals surface area contributed by atoms with Crippen LogP contribution >= 0.6 is 23.2 Å². The van der Waals surface area contributed by atoms with Crippen molar-refractivity contribution in [2.75, 3.05) is 6.54 Å². The van der Waals surface area contributed by atoms with E-state index in [2.05, 4.69) is 5.32 Å². The van der Waals surface area contributed by atoms with Gasteiger partial charge in [-0.3, -0.25) is 0 Å². The molecule has 21 heavy (non-hydrogen) atoms. The smallest absolute Gasteiger partial charge is 0.129 e. The quantitative estimate of drug-likeness (QED) is 0.798. The Morgan fingerprint density at radius 2 is 1.67 bits per heavy atom. The molecule has 0 amide bonds. The van der Waals surface area contributed by atoms with Crippen LogP contribution in [-0.4, -0.2) is 6.54 Å². The van der Waals surface area contributed by atoms with Gasteiger partial charge in [0.1, 0.15) is 11.6 Å². The number of halogens is 4. The SMILES string of the molecule is CCNC(Cc1cc(Cl)ccc1F)c1ccc(Cl)cc1F. The molecule has 1 unspecified atom stereocenters. The van der Waals surface area contributed by atoms with Crippen LogP contribution in [0.2, 0.25) is 10.0 Å². The van der Waals surface area contributed by atoms with E-state index < -0.39 is 5.82 Å². The van der Waals surface area contributed by atoms with Crippen LogP contribution in [0.3, 0.4) is 0 Å². The van der Waals surface area contributed by atoms with Crippen LogP contribution in [0, 0.1) is 11.6 Å². The summed E-state index contributed by atoms with van der Waals surface area (Å²) in [4.78, 5) is 0. The van der Waals surface area contributed by atoms with Crippen LogP contribution in [0.1, 0.15) is 24.1 Å². The Balaban J connectivity index is 2.32. The summed E-state index contributed by atoms with van der Waals surface area (Å²) in [6.45, 7) is 2.55. The summed E-state index contributed by atoms with van der Waals surface area (Å²) in [6, 6.07) is 8.53. The van der Waals surface area contributed by atoms with Crippen molar-refractivity contribution in [3.63, 3.8) is 0 Å². The average Bonchev–Trinajstić information content (AvgIpc) is 2.42. The Kier molecular flexibility index (Phi) is 5.57. The molecule has 0 fully saturated rings. The summed E-state index contributed by atoms with van der Waals surface area (Å²) in [6.07, 6.45) is 0.304. The van der Waals surface area contributed by atoms with Crippen molar-refractivity contribution in [2.24, 2.45) is 0 Å². The first-order valence-corrected chi connectivity index (χ1v) is 7.39. The summed E-state index contributed by atoms with van der Waals surface area (Å²) in [5.41, 5.74) is 0.906. The summed E-state index contributed by atoms with van der Waals surface area (Å²) in [5, 5.41) is 3.95. The Hall–Kier alpha value is -1.16. The lowest BCUT2D eigenvalue weighted by atomic mass is 9.98. The molecule has 2 rings (SSSR count). The minimum atomic E-state index is -0.407. The minimum Gasteiger partial charge on any atom is -0.310 e. The van der Waals surface area contributed by atoms with E-state index in [9.17, 15) is 8.78 Å². The zero-order chi connectivity index (χ0) is 15.4. The first-order valence-electron chi connectivity index (χ1n) is 6.63. The highest BCUT2D eigenvalue weighted by Gasteiger charge is 2.17. The van der Waals surface area contributed by atoms with Crippen molar-refractivity contribution in [1.82, 2.24) is 5.32 Å². The fraction of sp³-hybridized carbons (Fsp3) is 0.250. The zero-order valence-electron chi connectivity index (χ0n) is 11.5. The molecule has 2 aromatic rings. The molecule has 0 saturated carbocycles. The number of likely N-dealkylation sites (N-methyl/N-ethyl adjacent to an activating group) is 1. The molecule has 0 heterocycles. The fourth-order valence-corrected chi connectivity index (χ4v) is 2.60. The van der Waals surface area contributed by atoms with E-state index in [-0.39, 0.29) is 11.9 Å². The minimum absolute atomic E-state index is 0.304. The molecular formula is C16H15Cl2F2N. The van der Waals surface area contributed by atoms with E-state index in [4.69, 9.17) is 23.2 Å². The predicted octanol–water partition coefficient (Wildman–Crippen LogP) is 5.16. The van der Waals surface area contributed by atoms with Crippen LogP contribution in [0.15, 0.2) is 36.4 Å². The van der Waals surface area contributed by atoms with Crippen molar-refractivity contribution in [3.8, 4) is 0 Å². The lowest BCUT2D eigenvalue weighted by Crippen LogP contribution is -2.24. The van der Waals surface area contributed by atoms with Crippen molar-refractivity contribution in [3.05, 3.63) is 69.2 Å². The highest BCUT2D eigenvalue weighted by atomic mass is 35.5. The van der Waals surface area contributed by atoms with Crippen LogP contribution < -0.4 is 5.32 Å². The van der Waals surface area contributed by atoms with E-state index in [1.165, 1.54) is 18.2 Å². The Bertz CT molecular complexity index is 632. The molecule has 0 bridgehead atoms. The molecule has 0 aromatic heterocycles. The van der Waals surface area contributed by atoms with Gasteiger partial charge in [-0.25, -0.2) is 8.78 Å². The maximum Gasteiger partial charge on any atom is 0.129 e.